The summed E-state index contributed by atoms with van der Waals surface area (Å²) in [6.07, 6.45) is -2.30. The summed E-state index contributed by atoms with van der Waals surface area (Å²) in [5.41, 5.74) is 0.777. The van der Waals surface area contributed by atoms with Gasteiger partial charge < -0.3 is 24.5 Å². The van der Waals surface area contributed by atoms with E-state index < -0.39 is 24.2 Å². The van der Waals surface area contributed by atoms with Crippen LogP contribution in [0.15, 0.2) is 47.2 Å². The van der Waals surface area contributed by atoms with Crippen LogP contribution in [-0.4, -0.2) is 28.7 Å². The molecule has 4 heterocycles. The Balaban J connectivity index is 1.38. The molecule has 2 atom stereocenters. The molecule has 2 aliphatic heterocycles. The number of amides is 1. The molecule has 162 valence electrons. The van der Waals surface area contributed by atoms with Crippen molar-refractivity contribution in [1.82, 2.24) is 15.1 Å². The average Bonchev–Trinajstić information content (AvgIpc) is 3.50. The van der Waals surface area contributed by atoms with Gasteiger partial charge in [-0.1, -0.05) is 6.07 Å². The summed E-state index contributed by atoms with van der Waals surface area (Å²) in [5.74, 6) is 0.997. The van der Waals surface area contributed by atoms with Crippen molar-refractivity contribution in [3.05, 3.63) is 59.7 Å². The fourth-order valence-corrected chi connectivity index (χ4v) is 3.73. The number of aromatic nitrogens is 2. The van der Waals surface area contributed by atoms with E-state index in [1.54, 1.807) is 30.3 Å². The predicted octanol–water partition coefficient (Wildman–Crippen LogP) is 3.80. The number of rotatable bonds is 4. The van der Waals surface area contributed by atoms with Gasteiger partial charge in [0.1, 0.15) is 17.1 Å². The third-order valence-corrected chi connectivity index (χ3v) is 5.26. The summed E-state index contributed by atoms with van der Waals surface area (Å²) in [6.45, 7) is 0.293. The molecule has 8 nitrogen and oxygen atoms in total. The molecule has 1 amide bonds. The van der Waals surface area contributed by atoms with Gasteiger partial charge in [-0.2, -0.15) is 18.3 Å². The molecule has 2 N–H and O–H groups in total. The van der Waals surface area contributed by atoms with Gasteiger partial charge in [0.25, 0.3) is 5.91 Å². The van der Waals surface area contributed by atoms with E-state index in [2.05, 4.69) is 15.7 Å². The number of carbonyl (C=O) groups is 1. The van der Waals surface area contributed by atoms with Gasteiger partial charge >= 0.3 is 6.18 Å². The molecule has 2 aromatic heterocycles. The van der Waals surface area contributed by atoms with E-state index in [1.165, 1.54) is 6.26 Å². The lowest BCUT2D eigenvalue weighted by Gasteiger charge is -2.32. The number of benzene rings is 1. The van der Waals surface area contributed by atoms with E-state index in [0.29, 0.717) is 17.3 Å². The van der Waals surface area contributed by atoms with Crippen molar-refractivity contribution >= 4 is 11.7 Å². The number of hydrogen-bond acceptors (Lipinski definition) is 6. The number of anilines is 1. The van der Waals surface area contributed by atoms with Crippen LogP contribution in [-0.2, 0) is 6.54 Å². The minimum absolute atomic E-state index is 0.00170. The lowest BCUT2D eigenvalue weighted by atomic mass is 10.0. The minimum Gasteiger partial charge on any atom is -0.467 e. The van der Waals surface area contributed by atoms with Crippen molar-refractivity contribution in [2.45, 2.75) is 31.2 Å². The number of fused-ring (bicyclic) bond motifs is 2. The smallest absolute Gasteiger partial charge is 0.410 e. The first-order valence-electron chi connectivity index (χ1n) is 9.51. The van der Waals surface area contributed by atoms with Crippen LogP contribution >= 0.6 is 0 Å². The summed E-state index contributed by atoms with van der Waals surface area (Å²) in [4.78, 5) is 12.8. The zero-order valence-corrected chi connectivity index (χ0v) is 16.0. The van der Waals surface area contributed by atoms with E-state index in [0.717, 1.165) is 16.4 Å². The Hall–Kier alpha value is -3.63. The molecule has 3 aromatic rings. The van der Waals surface area contributed by atoms with Crippen LogP contribution in [0.5, 0.6) is 11.5 Å². The zero-order valence-electron chi connectivity index (χ0n) is 16.0. The molecule has 2 aliphatic rings. The van der Waals surface area contributed by atoms with Gasteiger partial charge in [0.2, 0.25) is 6.79 Å². The second-order valence-corrected chi connectivity index (χ2v) is 7.23. The van der Waals surface area contributed by atoms with E-state index in [9.17, 15) is 18.0 Å². The largest absolute Gasteiger partial charge is 0.467 e. The van der Waals surface area contributed by atoms with Gasteiger partial charge in [-0.3, -0.25) is 4.79 Å². The molecule has 0 unspecified atom stereocenters. The number of alkyl halides is 3. The van der Waals surface area contributed by atoms with E-state index in [4.69, 9.17) is 13.9 Å². The number of carbonyl (C=O) groups excluding carboxylic acids is 1. The van der Waals surface area contributed by atoms with E-state index >= 15 is 0 Å². The summed E-state index contributed by atoms with van der Waals surface area (Å²) in [7, 11) is 0. The number of furan rings is 1. The van der Waals surface area contributed by atoms with Crippen LogP contribution < -0.4 is 20.1 Å². The molecule has 5 rings (SSSR count). The third-order valence-electron chi connectivity index (χ3n) is 5.26. The topological polar surface area (TPSA) is 90.5 Å². The normalized spacial score (nSPS) is 19.6. The first kappa shape index (κ1) is 19.3. The first-order chi connectivity index (χ1) is 14.9. The molecule has 0 fully saturated rings. The lowest BCUT2D eigenvalue weighted by molar-refractivity contribution is -0.174. The van der Waals surface area contributed by atoms with Crippen LogP contribution in [0, 0.1) is 0 Å². The summed E-state index contributed by atoms with van der Waals surface area (Å²) in [6, 6.07) is 5.81. The van der Waals surface area contributed by atoms with Crippen LogP contribution in [0.4, 0.5) is 19.0 Å². The number of halogens is 3. The Labute approximate surface area is 173 Å². The van der Waals surface area contributed by atoms with E-state index in [-0.39, 0.29) is 31.1 Å². The monoisotopic (exact) mass is 434 g/mol. The van der Waals surface area contributed by atoms with Gasteiger partial charge in [-0.25, -0.2) is 4.68 Å². The standard InChI is InChI=1S/C20H17F3N4O4/c21-20(22,23)17-7-13(14-2-1-5-29-14)26-18-12(9-25-27(17)18)19(28)24-8-11-3-4-15-16(6-11)31-10-30-15/h1-6,9,13,17,26H,7-8,10H2,(H,24,28)/t13-,17+/m1/s1. The maximum Gasteiger partial charge on any atom is 0.410 e. The summed E-state index contributed by atoms with van der Waals surface area (Å²) >= 11 is 0. The number of nitrogens with zero attached hydrogens (tertiary/aromatic N) is 2. The Kier molecular flexibility index (Phi) is 4.53. The maximum atomic E-state index is 13.7. The summed E-state index contributed by atoms with van der Waals surface area (Å²) < 4.78 is 57.7. The second kappa shape index (κ2) is 7.25. The molecule has 0 spiro atoms. The predicted molar refractivity (Wildman–Crippen MR) is 101 cm³/mol. The SMILES string of the molecule is O=C(NCc1ccc2c(c1)OCO2)c1cnn2c1N[C@@H](c1ccco1)C[C@H]2C(F)(F)F. The second-order valence-electron chi connectivity index (χ2n) is 7.23. The highest BCUT2D eigenvalue weighted by atomic mass is 19.4. The van der Waals surface area contributed by atoms with Crippen molar-refractivity contribution in [2.24, 2.45) is 0 Å². The van der Waals surface area contributed by atoms with Gasteiger partial charge in [-0.15, -0.1) is 0 Å². The molecular weight excluding hydrogens is 417 g/mol. The molecular formula is C20H17F3N4O4. The molecule has 11 heteroatoms. The third kappa shape index (κ3) is 3.56. The number of hydrogen-bond donors (Lipinski definition) is 2. The molecule has 0 bridgehead atoms. The Morgan fingerprint density at radius 1 is 1.26 bits per heavy atom. The van der Waals surface area contributed by atoms with Gasteiger partial charge in [-0.05, 0) is 29.8 Å². The average molecular weight is 434 g/mol. The molecule has 0 radical (unpaired) electrons. The van der Waals surface area contributed by atoms with Crippen LogP contribution in [0.2, 0.25) is 0 Å². The highest BCUT2D eigenvalue weighted by Gasteiger charge is 2.47. The Morgan fingerprint density at radius 2 is 2.10 bits per heavy atom. The maximum absolute atomic E-state index is 13.7. The fourth-order valence-electron chi connectivity index (χ4n) is 3.73. The van der Waals surface area contributed by atoms with Crippen molar-refractivity contribution in [1.29, 1.82) is 0 Å². The molecule has 0 saturated heterocycles. The van der Waals surface area contributed by atoms with Crippen molar-refractivity contribution in [3.63, 3.8) is 0 Å². The Morgan fingerprint density at radius 3 is 2.87 bits per heavy atom. The quantitative estimate of drug-likeness (QED) is 0.649. The first-order valence-corrected chi connectivity index (χ1v) is 9.51. The molecule has 1 aromatic carbocycles. The highest BCUT2D eigenvalue weighted by Crippen LogP contribution is 2.44. The molecule has 31 heavy (non-hydrogen) atoms. The van der Waals surface area contributed by atoms with Gasteiger partial charge in [0.05, 0.1) is 18.5 Å². The van der Waals surface area contributed by atoms with Crippen molar-refractivity contribution < 1.29 is 31.9 Å². The molecule has 0 saturated carbocycles. The lowest BCUT2D eigenvalue weighted by Crippen LogP contribution is -2.36. The zero-order chi connectivity index (χ0) is 21.6. The van der Waals surface area contributed by atoms with Gasteiger partial charge in [0.15, 0.2) is 17.5 Å². The van der Waals surface area contributed by atoms with Crippen LogP contribution in [0.25, 0.3) is 0 Å². The Bertz CT molecular complexity index is 1110. The number of nitrogens with one attached hydrogen (secondary N) is 2. The van der Waals surface area contributed by atoms with Crippen LogP contribution in [0.3, 0.4) is 0 Å². The van der Waals surface area contributed by atoms with Crippen LogP contribution in [0.1, 0.15) is 40.2 Å². The fraction of sp³-hybridized carbons (Fsp3) is 0.300. The summed E-state index contributed by atoms with van der Waals surface area (Å²) in [5, 5.41) is 9.53. The number of ether oxygens (including phenoxy) is 2. The van der Waals surface area contributed by atoms with Gasteiger partial charge in [0, 0.05) is 13.0 Å². The minimum atomic E-state index is -4.53. The van der Waals surface area contributed by atoms with E-state index in [1.807, 2.05) is 0 Å². The van der Waals surface area contributed by atoms with Crippen molar-refractivity contribution in [3.8, 4) is 11.5 Å². The molecule has 0 aliphatic carbocycles. The highest BCUT2D eigenvalue weighted by molar-refractivity contribution is 5.98. The van der Waals surface area contributed by atoms with Crippen molar-refractivity contribution in [2.75, 3.05) is 12.1 Å².